The molecule has 8 nitrogen and oxygen atoms in total. The van der Waals surface area contributed by atoms with Crippen LogP contribution in [0.3, 0.4) is 0 Å². The molecule has 1 heterocycles. The van der Waals surface area contributed by atoms with Crippen molar-refractivity contribution in [2.75, 3.05) is 26.9 Å². The SMILES string of the molecule is CCOc1ccc(-c2nc(-c3cc(CC(O)CO)c(O)c(C(=O)OC)c3)cs2)cc1OCC. The lowest BCUT2D eigenvalue weighted by Gasteiger charge is -2.13. The van der Waals surface area contributed by atoms with Crippen molar-refractivity contribution >= 4 is 17.3 Å². The highest BCUT2D eigenvalue weighted by Crippen LogP contribution is 2.37. The van der Waals surface area contributed by atoms with Gasteiger partial charge in [-0.05, 0) is 49.7 Å². The topological polar surface area (TPSA) is 118 Å². The van der Waals surface area contributed by atoms with Crippen molar-refractivity contribution in [3.05, 3.63) is 46.8 Å². The minimum absolute atomic E-state index is 0.0340. The van der Waals surface area contributed by atoms with Gasteiger partial charge in [0.2, 0.25) is 0 Å². The van der Waals surface area contributed by atoms with Crippen LogP contribution >= 0.6 is 11.3 Å². The zero-order valence-electron chi connectivity index (χ0n) is 18.7. The molecule has 0 spiro atoms. The number of aliphatic hydroxyl groups is 2. The smallest absolute Gasteiger partial charge is 0.341 e. The first kappa shape index (κ1) is 24.5. The molecule has 0 aliphatic carbocycles. The predicted molar refractivity (Wildman–Crippen MR) is 125 cm³/mol. The van der Waals surface area contributed by atoms with Gasteiger partial charge < -0.3 is 29.5 Å². The van der Waals surface area contributed by atoms with Crippen molar-refractivity contribution in [1.82, 2.24) is 4.98 Å². The van der Waals surface area contributed by atoms with Crippen molar-refractivity contribution < 1.29 is 34.3 Å². The largest absolute Gasteiger partial charge is 0.507 e. The number of carbonyl (C=O) groups excluding carboxylic acids is 1. The monoisotopic (exact) mass is 473 g/mol. The highest BCUT2D eigenvalue weighted by molar-refractivity contribution is 7.13. The minimum Gasteiger partial charge on any atom is -0.507 e. The number of rotatable bonds is 10. The Kier molecular flexibility index (Phi) is 8.26. The Labute approximate surface area is 196 Å². The Hall–Kier alpha value is -3.14. The molecule has 1 unspecified atom stereocenters. The molecular weight excluding hydrogens is 446 g/mol. The van der Waals surface area contributed by atoms with E-state index in [-0.39, 0.29) is 17.7 Å². The number of hydrogen-bond acceptors (Lipinski definition) is 9. The second-order valence-electron chi connectivity index (χ2n) is 7.13. The summed E-state index contributed by atoms with van der Waals surface area (Å²) < 4.78 is 16.1. The van der Waals surface area contributed by atoms with Gasteiger partial charge in [-0.3, -0.25) is 0 Å². The minimum atomic E-state index is -1.08. The second-order valence-corrected chi connectivity index (χ2v) is 7.99. The number of aromatic nitrogens is 1. The Morgan fingerprint density at radius 2 is 1.82 bits per heavy atom. The number of nitrogens with zero attached hydrogens (tertiary/aromatic N) is 1. The summed E-state index contributed by atoms with van der Waals surface area (Å²) in [6, 6.07) is 8.75. The third-order valence-corrected chi connectivity index (χ3v) is 5.74. The first-order chi connectivity index (χ1) is 15.9. The fraction of sp³-hybridized carbons (Fsp3) is 0.333. The quantitative estimate of drug-likeness (QED) is 0.382. The summed E-state index contributed by atoms with van der Waals surface area (Å²) in [5.74, 6) is 0.290. The number of ether oxygens (including phenoxy) is 3. The van der Waals surface area contributed by atoms with Crippen LogP contribution < -0.4 is 9.47 Å². The van der Waals surface area contributed by atoms with Crippen LogP contribution in [-0.2, 0) is 11.2 Å². The van der Waals surface area contributed by atoms with E-state index in [0.717, 1.165) is 10.6 Å². The average Bonchev–Trinajstić information content (AvgIpc) is 3.31. The van der Waals surface area contributed by atoms with Crippen molar-refractivity contribution in [2.45, 2.75) is 26.4 Å². The highest BCUT2D eigenvalue weighted by atomic mass is 32.1. The summed E-state index contributed by atoms with van der Waals surface area (Å²) in [7, 11) is 1.22. The lowest BCUT2D eigenvalue weighted by Crippen LogP contribution is -2.16. The molecule has 1 aromatic heterocycles. The van der Waals surface area contributed by atoms with Gasteiger partial charge >= 0.3 is 5.97 Å². The van der Waals surface area contributed by atoms with E-state index in [1.54, 1.807) is 6.07 Å². The maximum absolute atomic E-state index is 12.2. The molecule has 0 fully saturated rings. The van der Waals surface area contributed by atoms with E-state index in [1.165, 1.54) is 24.5 Å². The number of phenols is 1. The molecule has 0 aliphatic heterocycles. The Balaban J connectivity index is 2.02. The number of aliphatic hydroxyl groups excluding tert-OH is 2. The summed E-state index contributed by atoms with van der Waals surface area (Å²) in [4.78, 5) is 16.9. The summed E-state index contributed by atoms with van der Waals surface area (Å²) >= 11 is 1.42. The van der Waals surface area contributed by atoms with Gasteiger partial charge in [-0.15, -0.1) is 11.3 Å². The molecule has 0 saturated heterocycles. The molecule has 0 saturated carbocycles. The summed E-state index contributed by atoms with van der Waals surface area (Å²) in [5.41, 5.74) is 2.28. The number of esters is 1. The number of hydrogen-bond donors (Lipinski definition) is 3. The molecule has 0 radical (unpaired) electrons. The van der Waals surface area contributed by atoms with E-state index in [2.05, 4.69) is 0 Å². The standard InChI is InChI=1S/C24H27NO7S/c1-4-31-20-7-6-14(11-21(20)32-5-2)23-25-19(13-33-23)15-8-16(9-17(27)12-26)22(28)18(10-15)24(29)30-3/h6-8,10-11,13,17,26-28H,4-5,9,12H2,1-3H3. The molecule has 176 valence electrons. The van der Waals surface area contributed by atoms with Crippen LogP contribution in [0.4, 0.5) is 0 Å². The zero-order chi connectivity index (χ0) is 24.0. The van der Waals surface area contributed by atoms with E-state index >= 15 is 0 Å². The van der Waals surface area contributed by atoms with Crippen LogP contribution in [0.2, 0.25) is 0 Å². The molecule has 33 heavy (non-hydrogen) atoms. The van der Waals surface area contributed by atoms with Gasteiger partial charge in [0, 0.05) is 22.9 Å². The van der Waals surface area contributed by atoms with Crippen molar-refractivity contribution in [3.8, 4) is 39.1 Å². The van der Waals surface area contributed by atoms with Crippen LogP contribution in [0.25, 0.3) is 21.8 Å². The second kappa shape index (κ2) is 11.1. The third-order valence-electron chi connectivity index (χ3n) is 4.85. The van der Waals surface area contributed by atoms with Gasteiger partial charge in [0.05, 0.1) is 38.7 Å². The molecular formula is C24H27NO7S. The van der Waals surface area contributed by atoms with Gasteiger partial charge in [0.15, 0.2) is 11.5 Å². The van der Waals surface area contributed by atoms with Crippen molar-refractivity contribution in [3.63, 3.8) is 0 Å². The molecule has 0 aliphatic rings. The molecule has 9 heteroatoms. The van der Waals surface area contributed by atoms with Crippen LogP contribution in [-0.4, -0.2) is 59.3 Å². The maximum atomic E-state index is 12.2. The lowest BCUT2D eigenvalue weighted by molar-refractivity contribution is 0.0596. The molecule has 1 atom stereocenters. The zero-order valence-corrected chi connectivity index (χ0v) is 19.5. The number of carbonyl (C=O) groups is 1. The molecule has 2 aromatic carbocycles. The third kappa shape index (κ3) is 5.62. The van der Waals surface area contributed by atoms with Crippen LogP contribution in [0.1, 0.15) is 29.8 Å². The van der Waals surface area contributed by atoms with E-state index in [4.69, 9.17) is 19.2 Å². The average molecular weight is 474 g/mol. The number of benzene rings is 2. The van der Waals surface area contributed by atoms with Gasteiger partial charge in [-0.1, -0.05) is 0 Å². The molecule has 0 bridgehead atoms. The highest BCUT2D eigenvalue weighted by Gasteiger charge is 2.20. The van der Waals surface area contributed by atoms with E-state index < -0.39 is 18.7 Å². The number of aromatic hydroxyl groups is 1. The van der Waals surface area contributed by atoms with E-state index in [1.807, 2.05) is 37.4 Å². The van der Waals surface area contributed by atoms with E-state index in [0.29, 0.717) is 41.5 Å². The summed E-state index contributed by atoms with van der Waals surface area (Å²) in [6.45, 7) is 4.36. The van der Waals surface area contributed by atoms with Gasteiger partial charge in [-0.25, -0.2) is 9.78 Å². The fourth-order valence-corrected chi connectivity index (χ4v) is 4.13. The first-order valence-corrected chi connectivity index (χ1v) is 11.4. The molecule has 3 aromatic rings. The fourth-order valence-electron chi connectivity index (χ4n) is 3.31. The Morgan fingerprint density at radius 1 is 1.09 bits per heavy atom. The normalized spacial score (nSPS) is 11.8. The number of phenolic OH excluding ortho intramolecular Hbond substituents is 1. The van der Waals surface area contributed by atoms with Crippen molar-refractivity contribution in [2.24, 2.45) is 0 Å². The maximum Gasteiger partial charge on any atom is 0.341 e. The summed E-state index contributed by atoms with van der Waals surface area (Å²) in [6.07, 6.45) is -1.11. The van der Waals surface area contributed by atoms with Gasteiger partial charge in [-0.2, -0.15) is 0 Å². The molecule has 3 rings (SSSR count). The van der Waals surface area contributed by atoms with E-state index in [9.17, 15) is 20.1 Å². The molecule has 3 N–H and O–H groups in total. The van der Waals surface area contributed by atoms with Gasteiger partial charge in [0.1, 0.15) is 16.3 Å². The number of methoxy groups -OCH3 is 1. The lowest BCUT2D eigenvalue weighted by atomic mass is 9.98. The predicted octanol–water partition coefficient (Wildman–Crippen LogP) is 3.66. The Morgan fingerprint density at radius 3 is 2.48 bits per heavy atom. The molecule has 0 amide bonds. The van der Waals surface area contributed by atoms with Crippen LogP contribution in [0, 0.1) is 0 Å². The number of thiazole rings is 1. The van der Waals surface area contributed by atoms with Crippen LogP contribution in [0.15, 0.2) is 35.7 Å². The van der Waals surface area contributed by atoms with Crippen molar-refractivity contribution in [1.29, 1.82) is 0 Å². The summed E-state index contributed by atoms with van der Waals surface area (Å²) in [5, 5.41) is 32.1. The van der Waals surface area contributed by atoms with Gasteiger partial charge in [0.25, 0.3) is 0 Å². The first-order valence-electron chi connectivity index (χ1n) is 10.5. The Bertz CT molecular complexity index is 1110. The van der Waals surface area contributed by atoms with Crippen LogP contribution in [0.5, 0.6) is 17.2 Å².